The number of rotatable bonds is 6. The van der Waals surface area contributed by atoms with E-state index in [4.69, 9.17) is 0 Å². The summed E-state index contributed by atoms with van der Waals surface area (Å²) in [5.41, 5.74) is -0.877. The highest BCUT2D eigenvalue weighted by Crippen LogP contribution is 2.30. The standard InChI is InChI=1S/C10H20FNO3S/c1-12(16(14,15)8-4-7-11)9-10(13)5-2-3-6-10/h13H,2-9H2,1H3. The van der Waals surface area contributed by atoms with E-state index in [1.54, 1.807) is 0 Å². The van der Waals surface area contributed by atoms with Crippen LogP contribution in [0.2, 0.25) is 0 Å². The van der Waals surface area contributed by atoms with Crippen molar-refractivity contribution >= 4 is 10.0 Å². The zero-order valence-corrected chi connectivity index (χ0v) is 10.5. The average Bonchev–Trinajstić information content (AvgIpc) is 2.62. The Bertz CT molecular complexity index is 312. The predicted octanol–water partition coefficient (Wildman–Crippen LogP) is 0.913. The van der Waals surface area contributed by atoms with Gasteiger partial charge in [0.1, 0.15) is 0 Å². The minimum atomic E-state index is -3.41. The van der Waals surface area contributed by atoms with Crippen LogP contribution < -0.4 is 0 Å². The van der Waals surface area contributed by atoms with Crippen LogP contribution in [0.4, 0.5) is 4.39 Å². The Hall–Kier alpha value is -0.200. The first-order chi connectivity index (χ1) is 7.40. The normalized spacial score (nSPS) is 20.5. The summed E-state index contributed by atoms with van der Waals surface area (Å²) in [5.74, 6) is -0.184. The van der Waals surface area contributed by atoms with E-state index in [9.17, 15) is 17.9 Å². The van der Waals surface area contributed by atoms with Crippen molar-refractivity contribution in [1.29, 1.82) is 0 Å². The molecule has 1 aliphatic rings. The van der Waals surface area contributed by atoms with E-state index in [1.165, 1.54) is 7.05 Å². The van der Waals surface area contributed by atoms with E-state index in [1.807, 2.05) is 0 Å². The third-order valence-electron chi connectivity index (χ3n) is 3.06. The highest BCUT2D eigenvalue weighted by molar-refractivity contribution is 7.89. The van der Waals surface area contributed by atoms with Crippen LogP contribution in [0.3, 0.4) is 0 Å². The Morgan fingerprint density at radius 1 is 1.38 bits per heavy atom. The molecule has 0 aliphatic heterocycles. The van der Waals surface area contributed by atoms with Crippen LogP contribution in [0.1, 0.15) is 32.1 Å². The summed E-state index contributed by atoms with van der Waals surface area (Å²) in [5, 5.41) is 10.1. The molecular formula is C10H20FNO3S. The Morgan fingerprint density at radius 3 is 2.44 bits per heavy atom. The van der Waals surface area contributed by atoms with E-state index in [0.717, 1.165) is 17.1 Å². The molecule has 0 spiro atoms. The van der Waals surface area contributed by atoms with Gasteiger partial charge in [0.2, 0.25) is 10.0 Å². The van der Waals surface area contributed by atoms with Crippen molar-refractivity contribution in [2.45, 2.75) is 37.7 Å². The fourth-order valence-electron chi connectivity index (χ4n) is 2.10. The minimum Gasteiger partial charge on any atom is -0.389 e. The number of sulfonamides is 1. The molecule has 0 aromatic heterocycles. The quantitative estimate of drug-likeness (QED) is 0.765. The fourth-order valence-corrected chi connectivity index (χ4v) is 3.32. The Balaban J connectivity index is 2.53. The maximum atomic E-state index is 11.9. The molecule has 6 heteroatoms. The molecule has 0 radical (unpaired) electrons. The van der Waals surface area contributed by atoms with Crippen molar-refractivity contribution < 1.29 is 17.9 Å². The number of hydrogen-bond acceptors (Lipinski definition) is 3. The molecule has 0 atom stereocenters. The zero-order chi connectivity index (χ0) is 12.2. The Morgan fingerprint density at radius 2 is 1.94 bits per heavy atom. The van der Waals surface area contributed by atoms with Gasteiger partial charge in [-0.1, -0.05) is 12.8 Å². The first kappa shape index (κ1) is 13.9. The molecule has 96 valence electrons. The lowest BCUT2D eigenvalue weighted by molar-refractivity contribution is 0.0333. The maximum Gasteiger partial charge on any atom is 0.214 e. The second-order valence-corrected chi connectivity index (χ2v) is 6.74. The molecule has 4 nitrogen and oxygen atoms in total. The van der Waals surface area contributed by atoms with Crippen LogP contribution >= 0.6 is 0 Å². The van der Waals surface area contributed by atoms with Crippen molar-refractivity contribution in [3.63, 3.8) is 0 Å². The van der Waals surface area contributed by atoms with E-state index in [0.29, 0.717) is 12.8 Å². The van der Waals surface area contributed by atoms with E-state index in [-0.39, 0.29) is 18.7 Å². The van der Waals surface area contributed by atoms with Gasteiger partial charge in [0.05, 0.1) is 18.0 Å². The summed E-state index contributed by atoms with van der Waals surface area (Å²) in [7, 11) is -1.97. The fraction of sp³-hybridized carbons (Fsp3) is 1.00. The molecule has 0 amide bonds. The van der Waals surface area contributed by atoms with Crippen LogP contribution in [-0.4, -0.2) is 49.5 Å². The summed E-state index contributed by atoms with van der Waals surface area (Å²) in [6.45, 7) is -0.501. The molecule has 0 unspecified atom stereocenters. The summed E-state index contributed by atoms with van der Waals surface area (Å²) < 4.78 is 36.4. The van der Waals surface area contributed by atoms with E-state index in [2.05, 4.69) is 0 Å². The lowest BCUT2D eigenvalue weighted by Crippen LogP contribution is -2.42. The van der Waals surface area contributed by atoms with Gasteiger partial charge < -0.3 is 5.11 Å². The lowest BCUT2D eigenvalue weighted by Gasteiger charge is -2.28. The van der Waals surface area contributed by atoms with E-state index >= 15 is 0 Å². The molecule has 16 heavy (non-hydrogen) atoms. The number of aliphatic hydroxyl groups is 1. The smallest absolute Gasteiger partial charge is 0.214 e. The number of halogens is 1. The highest BCUT2D eigenvalue weighted by Gasteiger charge is 2.34. The molecule has 1 fully saturated rings. The first-order valence-electron chi connectivity index (χ1n) is 5.62. The van der Waals surface area contributed by atoms with Gasteiger partial charge in [-0.2, -0.15) is 0 Å². The predicted molar refractivity (Wildman–Crippen MR) is 60.4 cm³/mol. The SMILES string of the molecule is CN(CC1(O)CCCC1)S(=O)(=O)CCCF. The second kappa shape index (κ2) is 5.42. The molecule has 0 bridgehead atoms. The molecule has 1 N–H and O–H groups in total. The van der Waals surface area contributed by atoms with Crippen LogP contribution in [-0.2, 0) is 10.0 Å². The average molecular weight is 253 g/mol. The zero-order valence-electron chi connectivity index (χ0n) is 9.65. The van der Waals surface area contributed by atoms with Crippen molar-refractivity contribution in [3.05, 3.63) is 0 Å². The summed E-state index contributed by atoms with van der Waals surface area (Å²) >= 11 is 0. The van der Waals surface area contributed by atoms with Crippen molar-refractivity contribution in [2.75, 3.05) is 26.0 Å². The highest BCUT2D eigenvalue weighted by atomic mass is 32.2. The van der Waals surface area contributed by atoms with Crippen LogP contribution in [0, 0.1) is 0 Å². The molecule has 0 aromatic carbocycles. The molecule has 0 saturated heterocycles. The van der Waals surface area contributed by atoms with Crippen molar-refractivity contribution in [1.82, 2.24) is 4.31 Å². The number of nitrogens with zero attached hydrogens (tertiary/aromatic N) is 1. The third-order valence-corrected chi connectivity index (χ3v) is 4.95. The molecule has 1 aliphatic carbocycles. The number of hydrogen-bond donors (Lipinski definition) is 1. The molecular weight excluding hydrogens is 233 g/mol. The van der Waals surface area contributed by atoms with Gasteiger partial charge in [0, 0.05) is 13.6 Å². The summed E-state index contributed by atoms with van der Waals surface area (Å²) in [6.07, 6.45) is 3.20. The molecule has 0 aromatic rings. The largest absolute Gasteiger partial charge is 0.389 e. The van der Waals surface area contributed by atoms with Gasteiger partial charge in [0.15, 0.2) is 0 Å². The van der Waals surface area contributed by atoms with Crippen molar-refractivity contribution in [3.8, 4) is 0 Å². The van der Waals surface area contributed by atoms with Crippen molar-refractivity contribution in [2.24, 2.45) is 0 Å². The summed E-state index contributed by atoms with van der Waals surface area (Å²) in [4.78, 5) is 0. The molecule has 1 saturated carbocycles. The summed E-state index contributed by atoms with van der Waals surface area (Å²) in [6, 6.07) is 0. The first-order valence-corrected chi connectivity index (χ1v) is 7.23. The minimum absolute atomic E-state index is 0.0190. The topological polar surface area (TPSA) is 57.6 Å². The third kappa shape index (κ3) is 3.68. The van der Waals surface area contributed by atoms with Gasteiger partial charge in [-0.3, -0.25) is 4.39 Å². The van der Waals surface area contributed by atoms with Gasteiger partial charge in [-0.25, -0.2) is 12.7 Å². The van der Waals surface area contributed by atoms with Crippen LogP contribution in [0.15, 0.2) is 0 Å². The Kier molecular flexibility index (Phi) is 4.70. The number of likely N-dealkylation sites (N-methyl/N-ethyl adjacent to an activating group) is 1. The van der Waals surface area contributed by atoms with Gasteiger partial charge in [-0.05, 0) is 19.3 Å². The van der Waals surface area contributed by atoms with Gasteiger partial charge in [-0.15, -0.1) is 0 Å². The molecule has 0 heterocycles. The Labute approximate surface area is 96.5 Å². The monoisotopic (exact) mass is 253 g/mol. The van der Waals surface area contributed by atoms with Gasteiger partial charge >= 0.3 is 0 Å². The lowest BCUT2D eigenvalue weighted by atomic mass is 10.0. The molecule has 1 rings (SSSR count). The maximum absolute atomic E-state index is 11.9. The van der Waals surface area contributed by atoms with E-state index < -0.39 is 22.3 Å². The van der Waals surface area contributed by atoms with Gasteiger partial charge in [0.25, 0.3) is 0 Å². The second-order valence-electron chi connectivity index (χ2n) is 4.55. The van der Waals surface area contributed by atoms with Crippen LogP contribution in [0.25, 0.3) is 0 Å². The number of alkyl halides is 1. The van der Waals surface area contributed by atoms with Crippen LogP contribution in [0.5, 0.6) is 0 Å².